The number of hydrogen-bond donors (Lipinski definition) is 2. The van der Waals surface area contributed by atoms with Gasteiger partial charge in [0.1, 0.15) is 0 Å². The van der Waals surface area contributed by atoms with Crippen molar-refractivity contribution >= 4 is 5.91 Å². The topological polar surface area (TPSA) is 55.1 Å². The van der Waals surface area contributed by atoms with E-state index in [1.807, 2.05) is 6.07 Å². The van der Waals surface area contributed by atoms with Crippen molar-refractivity contribution in [1.82, 2.24) is 5.32 Å². The summed E-state index contributed by atoms with van der Waals surface area (Å²) in [5, 5.41) is 3.26. The minimum atomic E-state index is -0.147. The van der Waals surface area contributed by atoms with Gasteiger partial charge in [-0.2, -0.15) is 0 Å². The third-order valence-corrected chi connectivity index (χ3v) is 6.91. The number of hydrogen-bond acceptors (Lipinski definition) is 2. The van der Waals surface area contributed by atoms with E-state index < -0.39 is 0 Å². The van der Waals surface area contributed by atoms with E-state index in [4.69, 9.17) is 5.73 Å². The predicted molar refractivity (Wildman–Crippen MR) is 135 cm³/mol. The minimum Gasteiger partial charge on any atom is -0.349 e. The molecule has 1 amide bonds. The van der Waals surface area contributed by atoms with E-state index in [0.29, 0.717) is 11.5 Å². The van der Waals surface area contributed by atoms with Crippen molar-refractivity contribution in [2.75, 3.05) is 0 Å². The predicted octanol–water partition coefficient (Wildman–Crippen LogP) is 7.33. The zero-order valence-electron chi connectivity index (χ0n) is 20.9. The molecule has 0 aliphatic rings. The Balaban J connectivity index is 2.87. The molecule has 3 nitrogen and oxygen atoms in total. The van der Waals surface area contributed by atoms with Crippen LogP contribution in [0.1, 0.15) is 110 Å². The highest BCUT2D eigenvalue weighted by atomic mass is 16.1. The molecule has 0 saturated heterocycles. The second-order valence-electron chi connectivity index (χ2n) is 9.85. The highest BCUT2D eigenvalue weighted by Gasteiger charge is 2.40. The molecular formula is C28H48N2O. The summed E-state index contributed by atoms with van der Waals surface area (Å²) in [6, 6.07) is 10.4. The molecule has 0 radical (unpaired) electrons. The van der Waals surface area contributed by atoms with Crippen molar-refractivity contribution in [1.29, 1.82) is 0 Å². The van der Waals surface area contributed by atoms with Crippen LogP contribution in [0, 0.1) is 11.3 Å². The zero-order valence-corrected chi connectivity index (χ0v) is 20.9. The molecule has 3 atom stereocenters. The van der Waals surface area contributed by atoms with E-state index in [-0.39, 0.29) is 23.4 Å². The average Bonchev–Trinajstić information content (AvgIpc) is 2.76. The van der Waals surface area contributed by atoms with E-state index in [2.05, 4.69) is 63.9 Å². The van der Waals surface area contributed by atoms with E-state index in [1.54, 1.807) is 6.92 Å². The van der Waals surface area contributed by atoms with E-state index in [1.165, 1.54) is 51.4 Å². The summed E-state index contributed by atoms with van der Waals surface area (Å²) >= 11 is 0. The summed E-state index contributed by atoms with van der Waals surface area (Å²) in [5.41, 5.74) is 8.40. The Hall–Kier alpha value is -1.61. The summed E-state index contributed by atoms with van der Waals surface area (Å²) < 4.78 is 0. The molecule has 0 spiro atoms. The van der Waals surface area contributed by atoms with Crippen LogP contribution < -0.4 is 11.1 Å². The van der Waals surface area contributed by atoms with Gasteiger partial charge in [0.15, 0.2) is 0 Å². The SMILES string of the molecule is C=C(C)C(=O)NC(CC)C(CCCCCCCCCC)C(C)(C)C(N)c1ccccc1. The van der Waals surface area contributed by atoms with Crippen molar-refractivity contribution in [3.63, 3.8) is 0 Å². The molecule has 3 heteroatoms. The maximum Gasteiger partial charge on any atom is 0.246 e. The van der Waals surface area contributed by atoms with Crippen LogP contribution in [-0.2, 0) is 4.79 Å². The van der Waals surface area contributed by atoms with Crippen LogP contribution >= 0.6 is 0 Å². The van der Waals surface area contributed by atoms with Crippen LogP contribution in [-0.4, -0.2) is 11.9 Å². The first-order chi connectivity index (χ1) is 14.8. The van der Waals surface area contributed by atoms with Crippen molar-refractivity contribution < 1.29 is 4.79 Å². The van der Waals surface area contributed by atoms with E-state index in [9.17, 15) is 4.79 Å². The molecule has 0 saturated carbocycles. The Morgan fingerprint density at radius 1 is 1.00 bits per heavy atom. The minimum absolute atomic E-state index is 0.0446. The Morgan fingerprint density at radius 2 is 1.55 bits per heavy atom. The lowest BCUT2D eigenvalue weighted by Crippen LogP contribution is -2.49. The summed E-state index contributed by atoms with van der Waals surface area (Å²) in [5.74, 6) is 0.257. The summed E-state index contributed by atoms with van der Waals surface area (Å²) in [4.78, 5) is 12.4. The summed E-state index contributed by atoms with van der Waals surface area (Å²) in [7, 11) is 0. The number of benzene rings is 1. The molecule has 3 N–H and O–H groups in total. The Labute approximate surface area is 192 Å². The van der Waals surface area contributed by atoms with Gasteiger partial charge >= 0.3 is 0 Å². The standard InChI is InChI=1S/C28H48N2O/c1-7-9-10-11-12-13-14-18-21-24(25(8-2)30-27(31)22(3)4)28(5,6)26(29)23-19-16-15-17-20-23/h15-17,19-20,24-26H,3,7-14,18,21,29H2,1-2,4-6H3,(H,30,31). The lowest BCUT2D eigenvalue weighted by atomic mass is 9.66. The van der Waals surface area contributed by atoms with Crippen LogP contribution in [0.4, 0.5) is 0 Å². The monoisotopic (exact) mass is 428 g/mol. The molecule has 1 rings (SSSR count). The van der Waals surface area contributed by atoms with Gasteiger partial charge in [-0.15, -0.1) is 0 Å². The van der Waals surface area contributed by atoms with Gasteiger partial charge in [-0.1, -0.05) is 116 Å². The van der Waals surface area contributed by atoms with Gasteiger partial charge in [0.05, 0.1) is 0 Å². The van der Waals surface area contributed by atoms with Gasteiger partial charge in [0.25, 0.3) is 0 Å². The third-order valence-electron chi connectivity index (χ3n) is 6.91. The Bertz CT molecular complexity index is 638. The number of carbonyl (C=O) groups excluding carboxylic acids is 1. The number of amides is 1. The first-order valence-electron chi connectivity index (χ1n) is 12.5. The molecule has 0 aliphatic carbocycles. The Kier molecular flexibility index (Phi) is 12.8. The van der Waals surface area contributed by atoms with Crippen molar-refractivity contribution in [2.45, 2.75) is 111 Å². The average molecular weight is 429 g/mol. The van der Waals surface area contributed by atoms with Crippen molar-refractivity contribution in [3.8, 4) is 0 Å². The molecule has 0 aliphatic heterocycles. The van der Waals surface area contributed by atoms with Gasteiger partial charge < -0.3 is 11.1 Å². The molecule has 3 unspecified atom stereocenters. The second-order valence-corrected chi connectivity index (χ2v) is 9.85. The molecule has 0 heterocycles. The van der Waals surface area contributed by atoms with Crippen LogP contribution in [0.3, 0.4) is 0 Å². The second kappa shape index (κ2) is 14.5. The molecule has 31 heavy (non-hydrogen) atoms. The van der Waals surface area contributed by atoms with Crippen LogP contribution in [0.2, 0.25) is 0 Å². The fourth-order valence-corrected chi connectivity index (χ4v) is 4.69. The van der Waals surface area contributed by atoms with Crippen molar-refractivity contribution in [3.05, 3.63) is 48.0 Å². The van der Waals surface area contributed by atoms with Gasteiger partial charge in [-0.05, 0) is 36.7 Å². The molecule has 176 valence electrons. The maximum absolute atomic E-state index is 12.4. The highest BCUT2D eigenvalue weighted by molar-refractivity contribution is 5.92. The number of rotatable bonds is 16. The first kappa shape index (κ1) is 27.4. The molecule has 1 aromatic rings. The maximum atomic E-state index is 12.4. The number of carbonyl (C=O) groups is 1. The Morgan fingerprint density at radius 3 is 2.06 bits per heavy atom. The van der Waals surface area contributed by atoms with Crippen LogP contribution in [0.25, 0.3) is 0 Å². The fourth-order valence-electron chi connectivity index (χ4n) is 4.69. The smallest absolute Gasteiger partial charge is 0.246 e. The largest absolute Gasteiger partial charge is 0.349 e. The number of unbranched alkanes of at least 4 members (excludes halogenated alkanes) is 7. The van der Waals surface area contributed by atoms with E-state index >= 15 is 0 Å². The first-order valence-corrected chi connectivity index (χ1v) is 12.5. The van der Waals surface area contributed by atoms with Gasteiger partial charge in [-0.3, -0.25) is 4.79 Å². The van der Waals surface area contributed by atoms with E-state index in [0.717, 1.165) is 18.4 Å². The molecule has 1 aromatic carbocycles. The fraction of sp³-hybridized carbons (Fsp3) is 0.679. The van der Waals surface area contributed by atoms with Gasteiger partial charge in [-0.25, -0.2) is 0 Å². The highest BCUT2D eigenvalue weighted by Crippen LogP contribution is 2.43. The van der Waals surface area contributed by atoms with Crippen LogP contribution in [0.5, 0.6) is 0 Å². The van der Waals surface area contributed by atoms with Gasteiger partial charge in [0, 0.05) is 17.7 Å². The number of nitrogens with two attached hydrogens (primary N) is 1. The molecule has 0 aromatic heterocycles. The molecule has 0 bridgehead atoms. The quantitative estimate of drug-likeness (QED) is 0.214. The van der Waals surface area contributed by atoms with Crippen LogP contribution in [0.15, 0.2) is 42.5 Å². The lowest BCUT2D eigenvalue weighted by Gasteiger charge is -2.44. The van der Waals surface area contributed by atoms with Crippen molar-refractivity contribution in [2.24, 2.45) is 17.1 Å². The van der Waals surface area contributed by atoms with Gasteiger partial charge in [0.2, 0.25) is 5.91 Å². The third kappa shape index (κ3) is 9.19. The molecular weight excluding hydrogens is 380 g/mol. The zero-order chi connectivity index (χ0) is 23.3. The number of nitrogens with one attached hydrogen (secondary N) is 1. The molecule has 0 fully saturated rings. The normalized spacial score (nSPS) is 14.6. The summed E-state index contributed by atoms with van der Waals surface area (Å²) in [6.07, 6.45) is 12.4. The lowest BCUT2D eigenvalue weighted by molar-refractivity contribution is -0.119. The summed E-state index contributed by atoms with van der Waals surface area (Å²) in [6.45, 7) is 14.6.